The molecule has 8 heteroatoms. The zero-order chi connectivity index (χ0) is 20.5. The summed E-state index contributed by atoms with van der Waals surface area (Å²) in [5.74, 6) is 0.769. The average molecular weight is 415 g/mol. The van der Waals surface area contributed by atoms with E-state index in [2.05, 4.69) is 10.4 Å². The first-order valence-electron chi connectivity index (χ1n) is 8.80. The molecule has 0 saturated carbocycles. The molecule has 2 N–H and O–H groups in total. The molecule has 3 aromatic rings. The number of para-hydroxylation sites is 1. The van der Waals surface area contributed by atoms with Gasteiger partial charge in [0.05, 0.1) is 5.69 Å². The Morgan fingerprint density at radius 3 is 2.28 bits per heavy atom. The van der Waals surface area contributed by atoms with E-state index >= 15 is 0 Å². The molecular formula is C21H21NO6S. The Kier molecular flexibility index (Phi) is 7.60. The van der Waals surface area contributed by atoms with Crippen molar-refractivity contribution >= 4 is 17.0 Å². The molecule has 0 fully saturated rings. The number of hydrogen-bond acceptors (Lipinski definition) is 7. The van der Waals surface area contributed by atoms with Crippen molar-refractivity contribution in [3.8, 4) is 11.5 Å². The highest BCUT2D eigenvalue weighted by Crippen LogP contribution is 2.22. The Morgan fingerprint density at radius 1 is 0.862 bits per heavy atom. The van der Waals surface area contributed by atoms with Crippen LogP contribution in [0.3, 0.4) is 0 Å². The molecule has 29 heavy (non-hydrogen) atoms. The fraction of sp³-hybridized carbons (Fsp3) is 0.143. The van der Waals surface area contributed by atoms with Crippen LogP contribution in [0.5, 0.6) is 11.5 Å². The van der Waals surface area contributed by atoms with E-state index in [4.69, 9.17) is 18.5 Å². The van der Waals surface area contributed by atoms with Crippen LogP contribution in [-0.4, -0.2) is 9.47 Å². The number of hydrogen-bond donors (Lipinski definition) is 2. The highest BCUT2D eigenvalue weighted by molar-refractivity contribution is 7.75. The van der Waals surface area contributed by atoms with Crippen LogP contribution in [0.1, 0.15) is 16.7 Å². The Bertz CT molecular complexity index is 934. The Morgan fingerprint density at radius 2 is 1.55 bits per heavy atom. The van der Waals surface area contributed by atoms with Crippen LogP contribution >= 0.6 is 0 Å². The van der Waals surface area contributed by atoms with Gasteiger partial charge in [-0.3, -0.25) is 15.6 Å². The van der Waals surface area contributed by atoms with Crippen molar-refractivity contribution < 1.29 is 27.6 Å². The molecule has 0 heterocycles. The third kappa shape index (κ3) is 6.58. The fourth-order valence-electron chi connectivity index (χ4n) is 2.47. The van der Waals surface area contributed by atoms with Crippen molar-refractivity contribution in [2.45, 2.75) is 20.1 Å². The van der Waals surface area contributed by atoms with Gasteiger partial charge in [0.2, 0.25) is 0 Å². The summed E-state index contributed by atoms with van der Waals surface area (Å²) in [4.78, 5) is 9.75. The molecule has 1 atom stereocenters. The fourth-order valence-corrected chi connectivity index (χ4v) is 3.03. The molecule has 1 unspecified atom stereocenters. The van der Waals surface area contributed by atoms with E-state index in [1.165, 1.54) is 0 Å². The third-order valence-electron chi connectivity index (χ3n) is 3.94. The van der Waals surface area contributed by atoms with Crippen molar-refractivity contribution in [1.29, 1.82) is 0 Å². The number of rotatable bonds is 10. The zero-order valence-electron chi connectivity index (χ0n) is 15.7. The smallest absolute Gasteiger partial charge is 0.371 e. The molecule has 0 spiro atoms. The first-order valence-corrected chi connectivity index (χ1v) is 9.80. The van der Waals surface area contributed by atoms with E-state index in [1.54, 1.807) is 30.3 Å². The summed E-state index contributed by atoms with van der Waals surface area (Å²) in [5, 5.41) is 8.79. The van der Waals surface area contributed by atoms with Gasteiger partial charge >= 0.3 is 11.4 Å². The highest BCUT2D eigenvalue weighted by Gasteiger charge is 2.10. The van der Waals surface area contributed by atoms with Crippen molar-refractivity contribution in [1.82, 2.24) is 0 Å². The van der Waals surface area contributed by atoms with E-state index in [0.717, 1.165) is 11.3 Å². The van der Waals surface area contributed by atoms with Crippen LogP contribution in [0.15, 0.2) is 72.8 Å². The Hall–Kier alpha value is -2.91. The minimum Gasteiger partial charge on any atom is -0.371 e. The van der Waals surface area contributed by atoms with Crippen molar-refractivity contribution in [3.05, 3.63) is 89.5 Å². The summed E-state index contributed by atoms with van der Waals surface area (Å²) in [6.07, 6.45) is 0. The molecule has 0 aromatic heterocycles. The largest absolute Gasteiger partial charge is 0.417 e. The van der Waals surface area contributed by atoms with Gasteiger partial charge in [0.15, 0.2) is 0 Å². The minimum atomic E-state index is -2.02. The summed E-state index contributed by atoms with van der Waals surface area (Å²) in [6, 6.07) is 21.5. The van der Waals surface area contributed by atoms with Gasteiger partial charge in [-0.25, -0.2) is 4.89 Å². The molecule has 0 aliphatic heterocycles. The normalized spacial score (nSPS) is 11.7. The van der Waals surface area contributed by atoms with E-state index < -0.39 is 11.4 Å². The van der Waals surface area contributed by atoms with Gasteiger partial charge in [-0.2, -0.15) is 4.21 Å². The van der Waals surface area contributed by atoms with E-state index in [-0.39, 0.29) is 13.2 Å². The monoisotopic (exact) mass is 415 g/mol. The van der Waals surface area contributed by atoms with Gasteiger partial charge in [0, 0.05) is 0 Å². The van der Waals surface area contributed by atoms with Crippen LogP contribution in [0.4, 0.5) is 5.69 Å². The van der Waals surface area contributed by atoms with Gasteiger partial charge in [-0.1, -0.05) is 42.0 Å². The lowest BCUT2D eigenvalue weighted by molar-refractivity contribution is -0.253. The molecule has 0 saturated heterocycles. The van der Waals surface area contributed by atoms with Crippen molar-refractivity contribution in [3.63, 3.8) is 0 Å². The summed E-state index contributed by atoms with van der Waals surface area (Å²) >= 11 is -2.02. The second-order valence-corrected chi connectivity index (χ2v) is 6.89. The topological polar surface area (TPSA) is 86.3 Å². The molecule has 0 aliphatic carbocycles. The predicted octanol–water partition coefficient (Wildman–Crippen LogP) is 4.56. The van der Waals surface area contributed by atoms with Crippen LogP contribution < -0.4 is 13.8 Å². The van der Waals surface area contributed by atoms with Gasteiger partial charge in [-0.05, 0) is 54.4 Å². The molecule has 0 aliphatic rings. The van der Waals surface area contributed by atoms with Crippen molar-refractivity contribution in [2.24, 2.45) is 0 Å². The molecule has 0 radical (unpaired) electrons. The van der Waals surface area contributed by atoms with Crippen LogP contribution in [0, 0.1) is 6.92 Å². The molecule has 3 rings (SSSR count). The molecule has 152 valence electrons. The van der Waals surface area contributed by atoms with E-state index in [9.17, 15) is 4.21 Å². The molecule has 0 bridgehead atoms. The van der Waals surface area contributed by atoms with Crippen molar-refractivity contribution in [2.75, 3.05) is 5.48 Å². The quantitative estimate of drug-likeness (QED) is 0.371. The molecule has 7 nitrogen and oxygen atoms in total. The first-order chi connectivity index (χ1) is 14.1. The lowest BCUT2D eigenvalue weighted by Crippen LogP contribution is -2.09. The maximum absolute atomic E-state index is 12.1. The van der Waals surface area contributed by atoms with Crippen LogP contribution in [-0.2, 0) is 34.3 Å². The van der Waals surface area contributed by atoms with Gasteiger partial charge in [0.1, 0.15) is 24.7 Å². The molecule has 3 aromatic carbocycles. The predicted molar refractivity (Wildman–Crippen MR) is 109 cm³/mol. The maximum Gasteiger partial charge on any atom is 0.417 e. The average Bonchev–Trinajstić information content (AvgIpc) is 2.72. The van der Waals surface area contributed by atoms with Gasteiger partial charge in [-0.15, -0.1) is 0 Å². The highest BCUT2D eigenvalue weighted by atomic mass is 32.2. The SMILES string of the molecule is Cc1ccc(OS(=O)Oc2ccc(COO)c(CONc3ccccc3)c2)cc1. The lowest BCUT2D eigenvalue weighted by atomic mass is 10.1. The number of nitrogens with one attached hydrogen (secondary N) is 1. The van der Waals surface area contributed by atoms with E-state index in [1.807, 2.05) is 49.4 Å². The van der Waals surface area contributed by atoms with Gasteiger partial charge < -0.3 is 8.37 Å². The second kappa shape index (κ2) is 10.6. The van der Waals surface area contributed by atoms with Crippen LogP contribution in [0.2, 0.25) is 0 Å². The Labute approximate surface area is 171 Å². The summed E-state index contributed by atoms with van der Waals surface area (Å²) in [6.45, 7) is 2.09. The Balaban J connectivity index is 1.63. The molecule has 0 amide bonds. The third-order valence-corrected chi connectivity index (χ3v) is 4.60. The maximum atomic E-state index is 12.1. The zero-order valence-corrected chi connectivity index (χ0v) is 16.6. The summed E-state index contributed by atoms with van der Waals surface area (Å²) < 4.78 is 22.8. The standard InChI is InChI=1S/C21H21NO6S/c1-16-7-10-20(11-8-16)27-29(24)28-21-12-9-17(15-26-23)18(13-21)14-25-22-19-5-3-2-4-6-19/h2-13,22-23H,14-15H2,1H3. The number of anilines is 1. The number of aryl methyl sites for hydroxylation is 1. The summed E-state index contributed by atoms with van der Waals surface area (Å²) in [5.41, 5.74) is 6.08. The van der Waals surface area contributed by atoms with Gasteiger partial charge in [0.25, 0.3) is 0 Å². The second-order valence-electron chi connectivity index (χ2n) is 6.14. The minimum absolute atomic E-state index is 0.0206. The first kappa shape index (κ1) is 20.8. The number of benzene rings is 3. The van der Waals surface area contributed by atoms with E-state index in [0.29, 0.717) is 22.6 Å². The molecular weight excluding hydrogens is 394 g/mol. The van der Waals surface area contributed by atoms with Crippen LogP contribution in [0.25, 0.3) is 0 Å². The summed E-state index contributed by atoms with van der Waals surface area (Å²) in [7, 11) is 0. The lowest BCUT2D eigenvalue weighted by Gasteiger charge is -2.12.